The molecule has 1 aromatic carbocycles. The third-order valence-corrected chi connectivity index (χ3v) is 3.70. The predicted molar refractivity (Wildman–Crippen MR) is 82.9 cm³/mol. The molecule has 0 aliphatic carbocycles. The second kappa shape index (κ2) is 5.13. The van der Waals surface area contributed by atoms with E-state index >= 15 is 0 Å². The van der Waals surface area contributed by atoms with Gasteiger partial charge in [0, 0.05) is 48.4 Å². The average Bonchev–Trinajstić information content (AvgIpc) is 2.98. The van der Waals surface area contributed by atoms with Crippen LogP contribution in [0.3, 0.4) is 0 Å². The van der Waals surface area contributed by atoms with Crippen LogP contribution >= 0.6 is 0 Å². The Balaban J connectivity index is 2.09. The van der Waals surface area contributed by atoms with E-state index < -0.39 is 0 Å². The highest BCUT2D eigenvalue weighted by molar-refractivity contribution is 5.95. The number of hydrogen-bond donors (Lipinski definition) is 2. The molecule has 2 N–H and O–H groups in total. The van der Waals surface area contributed by atoms with Gasteiger partial charge in [-0.3, -0.25) is 0 Å². The number of imidazole rings is 1. The number of likely N-dealkylation sites (N-methyl/N-ethyl adjacent to an activating group) is 1. The molecule has 104 valence electrons. The van der Waals surface area contributed by atoms with Gasteiger partial charge in [0.05, 0.1) is 5.69 Å². The lowest BCUT2D eigenvalue weighted by Gasteiger charge is -1.96. The van der Waals surface area contributed by atoms with E-state index in [1.165, 1.54) is 16.5 Å². The average molecular weight is 268 g/mol. The Morgan fingerprint density at radius 2 is 2.10 bits per heavy atom. The molecule has 0 fully saturated rings. The maximum Gasteiger partial charge on any atom is 0.108 e. The van der Waals surface area contributed by atoms with E-state index in [2.05, 4.69) is 59.3 Å². The highest BCUT2D eigenvalue weighted by Gasteiger charge is 2.14. The lowest BCUT2D eigenvalue weighted by molar-refractivity contribution is 0.763. The fourth-order valence-corrected chi connectivity index (χ4v) is 2.68. The van der Waals surface area contributed by atoms with E-state index in [0.29, 0.717) is 0 Å². The Hall–Kier alpha value is -2.07. The molecule has 0 unspecified atom stereocenters. The van der Waals surface area contributed by atoms with Crippen molar-refractivity contribution in [3.63, 3.8) is 0 Å². The van der Waals surface area contributed by atoms with Gasteiger partial charge in [0.1, 0.15) is 5.82 Å². The van der Waals surface area contributed by atoms with Crippen LogP contribution in [0, 0.1) is 6.92 Å². The number of aromatic amines is 1. The minimum Gasteiger partial charge on any atom is -0.350 e. The Bertz CT molecular complexity index is 736. The molecule has 0 aliphatic rings. The van der Waals surface area contributed by atoms with Crippen molar-refractivity contribution in [3.8, 4) is 11.3 Å². The summed E-state index contributed by atoms with van der Waals surface area (Å²) in [5, 5.41) is 4.41. The lowest BCUT2D eigenvalue weighted by atomic mass is 10.1. The van der Waals surface area contributed by atoms with Crippen LogP contribution in [-0.2, 0) is 13.5 Å². The Morgan fingerprint density at radius 1 is 1.30 bits per heavy atom. The Kier molecular flexibility index (Phi) is 3.32. The zero-order valence-electron chi connectivity index (χ0n) is 12.2. The molecule has 0 saturated heterocycles. The van der Waals surface area contributed by atoms with E-state index in [1.807, 2.05) is 7.05 Å². The quantitative estimate of drug-likeness (QED) is 0.764. The first kappa shape index (κ1) is 12.9. The van der Waals surface area contributed by atoms with E-state index in [9.17, 15) is 0 Å². The van der Waals surface area contributed by atoms with E-state index in [-0.39, 0.29) is 0 Å². The molecule has 0 atom stereocenters. The van der Waals surface area contributed by atoms with Crippen molar-refractivity contribution in [2.75, 3.05) is 13.6 Å². The zero-order chi connectivity index (χ0) is 14.1. The van der Waals surface area contributed by atoms with Crippen LogP contribution in [0.15, 0.2) is 30.5 Å². The fraction of sp³-hybridized carbons (Fsp3) is 0.312. The lowest BCUT2D eigenvalue weighted by Crippen LogP contribution is -2.11. The number of nitrogens with zero attached hydrogens (tertiary/aromatic N) is 2. The molecule has 0 amide bonds. The van der Waals surface area contributed by atoms with E-state index in [4.69, 9.17) is 4.98 Å². The van der Waals surface area contributed by atoms with Gasteiger partial charge in [-0.2, -0.15) is 0 Å². The van der Waals surface area contributed by atoms with E-state index in [0.717, 1.165) is 30.2 Å². The van der Waals surface area contributed by atoms with Crippen LogP contribution < -0.4 is 5.32 Å². The number of aromatic nitrogens is 3. The smallest absolute Gasteiger partial charge is 0.108 e. The van der Waals surface area contributed by atoms with Gasteiger partial charge in [-0.25, -0.2) is 4.98 Å². The van der Waals surface area contributed by atoms with Crippen molar-refractivity contribution in [1.29, 1.82) is 0 Å². The zero-order valence-corrected chi connectivity index (χ0v) is 12.2. The standard InChI is InChI=1S/C16H20N4/c1-11-16(19-15(18-11)8-9-17-2)13-10-20(3)14-7-5-4-6-12(13)14/h4-7,10,17H,8-9H2,1-3H3,(H,18,19). The summed E-state index contributed by atoms with van der Waals surface area (Å²) in [5.41, 5.74) is 4.63. The van der Waals surface area contributed by atoms with Gasteiger partial charge >= 0.3 is 0 Å². The summed E-state index contributed by atoms with van der Waals surface area (Å²) in [7, 11) is 4.04. The van der Waals surface area contributed by atoms with Crippen molar-refractivity contribution >= 4 is 10.9 Å². The van der Waals surface area contributed by atoms with Crippen molar-refractivity contribution in [3.05, 3.63) is 42.0 Å². The summed E-state index contributed by atoms with van der Waals surface area (Å²) in [6.45, 7) is 3.02. The van der Waals surface area contributed by atoms with Crippen molar-refractivity contribution in [2.45, 2.75) is 13.3 Å². The molecule has 3 aromatic rings. The molecule has 3 rings (SSSR count). The van der Waals surface area contributed by atoms with Gasteiger partial charge in [0.2, 0.25) is 0 Å². The molecule has 0 aliphatic heterocycles. The summed E-state index contributed by atoms with van der Waals surface area (Å²) in [5.74, 6) is 1.04. The first-order valence-electron chi connectivity index (χ1n) is 6.95. The molecule has 0 spiro atoms. The summed E-state index contributed by atoms with van der Waals surface area (Å²) < 4.78 is 2.16. The van der Waals surface area contributed by atoms with Gasteiger partial charge in [0.15, 0.2) is 0 Å². The highest BCUT2D eigenvalue weighted by Crippen LogP contribution is 2.30. The Labute approximate surface area is 118 Å². The first-order chi connectivity index (χ1) is 9.70. The molecular weight excluding hydrogens is 248 g/mol. The van der Waals surface area contributed by atoms with Crippen LogP contribution in [0.5, 0.6) is 0 Å². The molecule has 0 bridgehead atoms. The number of aryl methyl sites for hydroxylation is 2. The third-order valence-electron chi connectivity index (χ3n) is 3.70. The minimum absolute atomic E-state index is 0.919. The fourth-order valence-electron chi connectivity index (χ4n) is 2.68. The first-order valence-corrected chi connectivity index (χ1v) is 6.95. The van der Waals surface area contributed by atoms with Crippen LogP contribution in [0.1, 0.15) is 11.5 Å². The number of hydrogen-bond acceptors (Lipinski definition) is 2. The number of benzene rings is 1. The SMILES string of the molecule is CNCCc1nc(-c2cn(C)c3ccccc23)c(C)[nH]1. The molecule has 0 saturated carbocycles. The monoisotopic (exact) mass is 268 g/mol. The van der Waals surface area contributed by atoms with Gasteiger partial charge in [-0.05, 0) is 20.0 Å². The van der Waals surface area contributed by atoms with Crippen molar-refractivity contribution in [2.24, 2.45) is 7.05 Å². The maximum absolute atomic E-state index is 4.77. The Morgan fingerprint density at radius 3 is 2.90 bits per heavy atom. The van der Waals surface area contributed by atoms with Crippen molar-refractivity contribution < 1.29 is 0 Å². The molecule has 4 nitrogen and oxygen atoms in total. The number of H-pyrrole nitrogens is 1. The van der Waals surface area contributed by atoms with Gasteiger partial charge in [-0.15, -0.1) is 0 Å². The largest absolute Gasteiger partial charge is 0.350 e. The second-order valence-corrected chi connectivity index (χ2v) is 5.18. The summed E-state index contributed by atoms with van der Waals surface area (Å²) in [6, 6.07) is 8.45. The maximum atomic E-state index is 4.77. The molecule has 4 heteroatoms. The molecule has 2 aromatic heterocycles. The molecule has 2 heterocycles. The number of rotatable bonds is 4. The molecular formula is C16H20N4. The minimum atomic E-state index is 0.919. The van der Waals surface area contributed by atoms with Crippen LogP contribution in [0.25, 0.3) is 22.2 Å². The topological polar surface area (TPSA) is 45.6 Å². The van der Waals surface area contributed by atoms with Crippen LogP contribution in [0.4, 0.5) is 0 Å². The number of para-hydroxylation sites is 1. The summed E-state index contributed by atoms with van der Waals surface area (Å²) in [4.78, 5) is 8.16. The summed E-state index contributed by atoms with van der Waals surface area (Å²) >= 11 is 0. The van der Waals surface area contributed by atoms with Crippen molar-refractivity contribution in [1.82, 2.24) is 19.9 Å². The molecule has 20 heavy (non-hydrogen) atoms. The van der Waals surface area contributed by atoms with Gasteiger partial charge < -0.3 is 14.9 Å². The highest BCUT2D eigenvalue weighted by atomic mass is 15.0. The molecule has 0 radical (unpaired) electrons. The van der Waals surface area contributed by atoms with E-state index in [1.54, 1.807) is 0 Å². The normalized spacial score (nSPS) is 11.3. The van der Waals surface area contributed by atoms with Gasteiger partial charge in [-0.1, -0.05) is 18.2 Å². The summed E-state index contributed by atoms with van der Waals surface area (Å²) in [6.07, 6.45) is 3.08. The predicted octanol–water partition coefficient (Wildman–Crippen LogP) is 2.64. The number of fused-ring (bicyclic) bond motifs is 1. The second-order valence-electron chi connectivity index (χ2n) is 5.18. The van der Waals surface area contributed by atoms with Crippen LogP contribution in [-0.4, -0.2) is 28.1 Å². The van der Waals surface area contributed by atoms with Crippen LogP contribution in [0.2, 0.25) is 0 Å². The van der Waals surface area contributed by atoms with Gasteiger partial charge in [0.25, 0.3) is 0 Å². The number of nitrogens with one attached hydrogen (secondary N) is 2. The third kappa shape index (κ3) is 2.12.